The molecular weight excluding hydrogens is 132 g/mol. The van der Waals surface area contributed by atoms with Crippen molar-refractivity contribution in [3.63, 3.8) is 0 Å². The van der Waals surface area contributed by atoms with Gasteiger partial charge in [0.15, 0.2) is 0 Å². The number of nitrogens with one attached hydrogen (secondary N) is 1. The Labute approximate surface area is 57.3 Å². The van der Waals surface area contributed by atoms with Gasteiger partial charge >= 0.3 is 0 Å². The van der Waals surface area contributed by atoms with E-state index in [0.717, 1.165) is 0 Å². The van der Waals surface area contributed by atoms with Gasteiger partial charge in [-0.1, -0.05) is 5.16 Å². The lowest BCUT2D eigenvalue weighted by Crippen LogP contribution is -2.11. The van der Waals surface area contributed by atoms with Crippen molar-refractivity contribution in [3.05, 3.63) is 24.0 Å². The first kappa shape index (κ1) is 6.54. The Morgan fingerprint density at radius 1 is 1.40 bits per heavy atom. The smallest absolute Gasteiger partial charge is 0.131 e. The molecule has 0 saturated heterocycles. The van der Waals surface area contributed by atoms with E-state index in [-0.39, 0.29) is 17.2 Å². The molecule has 0 atom stereocenters. The second-order valence-electron chi connectivity index (χ2n) is 1.80. The van der Waals surface area contributed by atoms with E-state index >= 15 is 0 Å². The molecule has 0 saturated carbocycles. The van der Waals surface area contributed by atoms with Crippen molar-refractivity contribution in [2.75, 3.05) is 0 Å². The molecule has 0 aromatic heterocycles. The van der Waals surface area contributed by atoms with Crippen molar-refractivity contribution in [2.45, 2.75) is 0 Å². The van der Waals surface area contributed by atoms with Crippen molar-refractivity contribution in [2.24, 2.45) is 5.16 Å². The molecule has 0 bridgehead atoms. The lowest BCUT2D eigenvalue weighted by molar-refractivity contribution is 0.320. The quantitative estimate of drug-likeness (QED) is 0.263. The maximum atomic E-state index is 8.81. The monoisotopic (exact) mass is 138 g/mol. The van der Waals surface area contributed by atoms with Crippen LogP contribution in [-0.4, -0.2) is 21.7 Å². The zero-order valence-corrected chi connectivity index (χ0v) is 5.07. The van der Waals surface area contributed by atoms with Crippen molar-refractivity contribution in [1.82, 2.24) is 0 Å². The average molecular weight is 138 g/mol. The average Bonchev–Trinajstić information content (AvgIpc) is 1.94. The number of allylic oxidation sites excluding steroid dienone is 3. The van der Waals surface area contributed by atoms with E-state index in [2.05, 4.69) is 5.16 Å². The third-order valence-electron chi connectivity index (χ3n) is 1.09. The van der Waals surface area contributed by atoms with Crippen LogP contribution >= 0.6 is 0 Å². The summed E-state index contributed by atoms with van der Waals surface area (Å²) < 4.78 is 0. The normalized spacial score (nSPS) is 21.4. The second kappa shape index (κ2) is 2.34. The van der Waals surface area contributed by atoms with Crippen molar-refractivity contribution in [3.8, 4) is 0 Å². The summed E-state index contributed by atoms with van der Waals surface area (Å²) in [5.74, 6) is -0.0104. The summed E-state index contributed by atoms with van der Waals surface area (Å²) in [7, 11) is 0. The summed E-state index contributed by atoms with van der Waals surface area (Å²) in [6, 6.07) is 0. The Morgan fingerprint density at radius 2 is 2.10 bits per heavy atom. The van der Waals surface area contributed by atoms with E-state index in [1.54, 1.807) is 0 Å². The highest BCUT2D eigenvalue weighted by Gasteiger charge is 2.06. The lowest BCUT2D eigenvalue weighted by atomic mass is 10.1. The number of hydrogen-bond donors (Lipinski definition) is 3. The van der Waals surface area contributed by atoms with Gasteiger partial charge in [-0.05, 0) is 12.2 Å². The van der Waals surface area contributed by atoms with Gasteiger partial charge in [-0.2, -0.15) is 0 Å². The van der Waals surface area contributed by atoms with Gasteiger partial charge in [0, 0.05) is 6.08 Å². The molecule has 0 aromatic carbocycles. The zero-order chi connectivity index (χ0) is 7.56. The highest BCUT2D eigenvalue weighted by atomic mass is 16.4. The fourth-order valence-corrected chi connectivity index (χ4v) is 0.603. The number of hydrogen-bond acceptors (Lipinski definition) is 4. The summed E-state index contributed by atoms with van der Waals surface area (Å²) in [6.45, 7) is 0. The highest BCUT2D eigenvalue weighted by Crippen LogP contribution is 2.01. The van der Waals surface area contributed by atoms with E-state index in [1.165, 1.54) is 18.2 Å². The molecule has 1 aliphatic carbocycles. The minimum atomic E-state index is -0.0104. The van der Waals surface area contributed by atoms with Crippen LogP contribution < -0.4 is 0 Å². The van der Waals surface area contributed by atoms with Gasteiger partial charge in [0.25, 0.3) is 0 Å². The summed E-state index contributed by atoms with van der Waals surface area (Å²) >= 11 is 0. The lowest BCUT2D eigenvalue weighted by Gasteiger charge is -2.01. The minimum absolute atomic E-state index is 0.0104. The van der Waals surface area contributed by atoms with Crippen LogP contribution in [0, 0.1) is 5.41 Å². The Kier molecular flexibility index (Phi) is 1.53. The molecule has 0 radical (unpaired) electrons. The molecular formula is C6H6N2O2. The van der Waals surface area contributed by atoms with Crippen LogP contribution in [-0.2, 0) is 0 Å². The van der Waals surface area contributed by atoms with Crippen LogP contribution in [0.4, 0.5) is 0 Å². The topological polar surface area (TPSA) is 76.7 Å². The summed E-state index contributed by atoms with van der Waals surface area (Å²) in [6.07, 6.45) is 3.92. The van der Waals surface area contributed by atoms with Crippen LogP contribution in [0.5, 0.6) is 0 Å². The molecule has 3 N–H and O–H groups in total. The van der Waals surface area contributed by atoms with Crippen LogP contribution in [0.15, 0.2) is 29.1 Å². The fourth-order valence-electron chi connectivity index (χ4n) is 0.603. The maximum Gasteiger partial charge on any atom is 0.131 e. The first-order chi connectivity index (χ1) is 4.74. The van der Waals surface area contributed by atoms with Crippen molar-refractivity contribution < 1.29 is 10.3 Å². The molecule has 0 fully saturated rings. The SMILES string of the molecule is N=C1C=CC(O)=C/C1=N/O. The first-order valence-corrected chi connectivity index (χ1v) is 2.64. The van der Waals surface area contributed by atoms with E-state index in [4.69, 9.17) is 15.7 Å². The molecule has 0 spiro atoms. The van der Waals surface area contributed by atoms with Gasteiger partial charge in [-0.25, -0.2) is 0 Å². The van der Waals surface area contributed by atoms with Crippen molar-refractivity contribution >= 4 is 11.4 Å². The number of nitrogens with zero attached hydrogens (tertiary/aromatic N) is 1. The minimum Gasteiger partial charge on any atom is -0.508 e. The van der Waals surface area contributed by atoms with Crippen LogP contribution in [0.3, 0.4) is 0 Å². The van der Waals surface area contributed by atoms with Crippen LogP contribution in [0.1, 0.15) is 0 Å². The Hall–Kier alpha value is -1.58. The zero-order valence-electron chi connectivity index (χ0n) is 5.07. The Bertz CT molecular complexity index is 250. The van der Waals surface area contributed by atoms with Crippen LogP contribution in [0.25, 0.3) is 0 Å². The van der Waals surface area contributed by atoms with E-state index < -0.39 is 0 Å². The predicted molar refractivity (Wildman–Crippen MR) is 36.8 cm³/mol. The molecule has 0 aliphatic heterocycles. The van der Waals surface area contributed by atoms with E-state index in [0.29, 0.717) is 0 Å². The van der Waals surface area contributed by atoms with Gasteiger partial charge in [-0.15, -0.1) is 0 Å². The number of aliphatic hydroxyl groups is 1. The molecule has 0 heterocycles. The Balaban J connectivity index is 2.99. The third kappa shape index (κ3) is 1.05. The van der Waals surface area contributed by atoms with E-state index in [9.17, 15) is 0 Å². The van der Waals surface area contributed by atoms with Gasteiger partial charge in [0.2, 0.25) is 0 Å². The molecule has 52 valence electrons. The highest BCUT2D eigenvalue weighted by molar-refractivity contribution is 6.49. The molecule has 1 aliphatic rings. The third-order valence-corrected chi connectivity index (χ3v) is 1.09. The molecule has 4 nitrogen and oxygen atoms in total. The van der Waals surface area contributed by atoms with Gasteiger partial charge in [0.1, 0.15) is 11.5 Å². The predicted octanol–water partition coefficient (Wildman–Crippen LogP) is 0.848. The molecule has 4 heteroatoms. The largest absolute Gasteiger partial charge is 0.508 e. The van der Waals surface area contributed by atoms with Crippen molar-refractivity contribution in [1.29, 1.82) is 5.41 Å². The van der Waals surface area contributed by atoms with Gasteiger partial charge in [-0.3, -0.25) is 5.41 Å². The molecule has 1 rings (SSSR count). The fraction of sp³-hybridized carbons (Fsp3) is 0. The number of aliphatic hydroxyl groups excluding tert-OH is 1. The van der Waals surface area contributed by atoms with Gasteiger partial charge < -0.3 is 10.3 Å². The number of rotatable bonds is 0. The second-order valence-corrected chi connectivity index (χ2v) is 1.80. The molecule has 10 heavy (non-hydrogen) atoms. The first-order valence-electron chi connectivity index (χ1n) is 2.64. The summed E-state index contributed by atoms with van der Waals surface area (Å²) in [5, 5.41) is 26.9. The standard InChI is InChI=1S/C6H6N2O2/c7-5-2-1-4(9)3-6(5)8-10/h1-3,7,9-10H/b7-5?,8-6-. The number of oxime groups is 1. The van der Waals surface area contributed by atoms with E-state index in [1.807, 2.05) is 0 Å². The molecule has 0 aromatic rings. The molecule has 0 unspecified atom stereocenters. The summed E-state index contributed by atoms with van der Waals surface area (Å²) in [5.41, 5.74) is 0.153. The Morgan fingerprint density at radius 3 is 2.60 bits per heavy atom. The maximum absolute atomic E-state index is 8.81. The van der Waals surface area contributed by atoms with Gasteiger partial charge in [0.05, 0.1) is 5.71 Å². The molecule has 0 amide bonds. The summed E-state index contributed by atoms with van der Waals surface area (Å²) in [4.78, 5) is 0. The van der Waals surface area contributed by atoms with Crippen LogP contribution in [0.2, 0.25) is 0 Å².